The number of aromatic nitrogens is 8. The minimum absolute atomic E-state index is 0. The van der Waals surface area contributed by atoms with Crippen LogP contribution in [0.4, 0.5) is 23.5 Å². The molecule has 0 saturated heterocycles. The van der Waals surface area contributed by atoms with Gasteiger partial charge in [-0.3, -0.25) is 18.7 Å². The van der Waals surface area contributed by atoms with Crippen LogP contribution in [0, 0.1) is 0 Å². The van der Waals surface area contributed by atoms with E-state index in [0.717, 1.165) is 16.7 Å². The van der Waals surface area contributed by atoms with Crippen molar-refractivity contribution in [2.75, 3.05) is 68.3 Å². The summed E-state index contributed by atoms with van der Waals surface area (Å²) in [5, 5.41) is 27.2. The Morgan fingerprint density at radius 1 is 0.733 bits per heavy atom. The zero-order valence-corrected chi connectivity index (χ0v) is 32.5. The first kappa shape index (κ1) is 51.8. The summed E-state index contributed by atoms with van der Waals surface area (Å²) in [5.41, 5.74) is 15.6. The third-order valence-electron chi connectivity index (χ3n) is 8.50. The second kappa shape index (κ2) is 23.4. The Balaban J connectivity index is 0.000000564. The number of fused-ring (bicyclic) bond motifs is 2. The third kappa shape index (κ3) is 12.6. The molecule has 22 heteroatoms. The summed E-state index contributed by atoms with van der Waals surface area (Å²) in [6, 6.07) is 14.4. The Morgan fingerprint density at radius 2 is 1.13 bits per heavy atom. The van der Waals surface area contributed by atoms with Gasteiger partial charge in [0.05, 0.1) is 45.8 Å². The van der Waals surface area contributed by atoms with E-state index in [4.69, 9.17) is 31.5 Å². The van der Waals surface area contributed by atoms with Crippen LogP contribution in [0.5, 0.6) is 0 Å². The molecule has 4 aromatic heterocycles. The number of carbonyl (C=O) groups excluding carboxylic acids is 1. The predicted molar refractivity (Wildman–Crippen MR) is 224 cm³/mol. The van der Waals surface area contributed by atoms with E-state index in [2.05, 4.69) is 29.9 Å². The molecule has 10 N–H and O–H groups in total. The van der Waals surface area contributed by atoms with Gasteiger partial charge in [-0.05, 0) is 29.2 Å². The van der Waals surface area contributed by atoms with Gasteiger partial charge < -0.3 is 56.8 Å². The molecule has 0 amide bonds. The molecular formula is C38H53LiN12O9. The number of carboxylic acids is 1. The minimum atomic E-state index is -0.923. The predicted octanol–water partition coefficient (Wildman–Crippen LogP) is -1.81. The Labute approximate surface area is 357 Å². The number of aliphatic hydroxyl groups is 2. The number of imidazole rings is 2. The molecule has 21 nitrogen and oxygen atoms in total. The molecule has 320 valence electrons. The molecule has 0 aliphatic heterocycles. The molecular weight excluding hydrogens is 775 g/mol. The summed E-state index contributed by atoms with van der Waals surface area (Å²) in [5.74, 6) is -0.328. The van der Waals surface area contributed by atoms with E-state index in [1.165, 1.54) is 9.13 Å². The van der Waals surface area contributed by atoms with E-state index < -0.39 is 11.7 Å². The van der Waals surface area contributed by atoms with Crippen molar-refractivity contribution < 1.29 is 54.0 Å². The molecule has 0 aliphatic rings. The number of ether oxygens (including phenoxy) is 1. The normalized spacial score (nSPS) is 10.3. The number of hydrogen-bond acceptors (Lipinski definition) is 16. The van der Waals surface area contributed by atoms with Crippen molar-refractivity contribution in [2.24, 2.45) is 0 Å². The maximum absolute atomic E-state index is 12.5. The Kier molecular flexibility index (Phi) is 20.2. The molecule has 2 aromatic carbocycles. The summed E-state index contributed by atoms with van der Waals surface area (Å²) in [7, 11) is 3.44. The minimum Gasteiger partial charge on any atom is -0.870 e. The van der Waals surface area contributed by atoms with Gasteiger partial charge in [-0.1, -0.05) is 63.4 Å². The number of aliphatic hydroxyl groups excluding tert-OH is 2. The standard InChI is InChI=1S/C19H24N6O4.C17H20N6O4.2CH4.Li.H2O/c1-3-29-14(27)10-12-5-4-6-13(9-12)11-25-17-15(21-19(25)28)16(20)22-18(23-17)24(2)7-8-26;1-22(5-6-24)16-20-14(18)13-15(21-16)23(17(27)19-13)9-11-4-2-3-10(7-11)8-12(25)26;;;;/h4-6,9,26H,3,7-8,10-11H2,1-2H3,(H,21,28)(H2,20,22,23);2-4,7,24H,5-6,8-9H2,1H3,(H,19,27)(H,25,26)(H2,18,20,21);2*1H4;;1H2/q;;;;+1;/p-1. The number of benzene rings is 2. The van der Waals surface area contributed by atoms with Crippen LogP contribution in [0.3, 0.4) is 0 Å². The van der Waals surface area contributed by atoms with Crippen molar-refractivity contribution in [3.05, 3.63) is 91.8 Å². The maximum atomic E-state index is 12.5. The van der Waals surface area contributed by atoms with Crippen LogP contribution in [0.1, 0.15) is 44.0 Å². The monoisotopic (exact) mass is 828 g/mol. The number of carboxylic acid groups (broad SMARTS) is 1. The first-order valence-corrected chi connectivity index (χ1v) is 17.5. The average molecular weight is 829 g/mol. The molecule has 0 radical (unpaired) electrons. The number of nitrogen functional groups attached to an aromatic ring is 2. The van der Waals surface area contributed by atoms with Gasteiger partial charge in [0.25, 0.3) is 0 Å². The van der Waals surface area contributed by atoms with Crippen LogP contribution in [0.2, 0.25) is 0 Å². The van der Waals surface area contributed by atoms with Gasteiger partial charge >= 0.3 is 42.2 Å². The van der Waals surface area contributed by atoms with E-state index >= 15 is 0 Å². The van der Waals surface area contributed by atoms with Gasteiger partial charge in [0.2, 0.25) is 11.9 Å². The van der Waals surface area contributed by atoms with Crippen molar-refractivity contribution >= 4 is 57.8 Å². The zero-order valence-electron chi connectivity index (χ0n) is 32.5. The number of rotatable bonds is 15. The van der Waals surface area contributed by atoms with E-state index in [1.54, 1.807) is 55.1 Å². The van der Waals surface area contributed by atoms with E-state index in [1.807, 2.05) is 24.3 Å². The zero-order chi connectivity index (χ0) is 40.5. The van der Waals surface area contributed by atoms with E-state index in [0.29, 0.717) is 59.5 Å². The van der Waals surface area contributed by atoms with Gasteiger partial charge in [-0.15, -0.1) is 0 Å². The quantitative estimate of drug-likeness (QED) is 0.0443. The fourth-order valence-corrected chi connectivity index (χ4v) is 5.81. The second-order valence-electron chi connectivity index (χ2n) is 12.7. The number of aromatic amines is 2. The van der Waals surface area contributed by atoms with Crippen molar-refractivity contribution in [3.8, 4) is 0 Å². The summed E-state index contributed by atoms with van der Waals surface area (Å²) < 4.78 is 7.87. The van der Waals surface area contributed by atoms with Gasteiger partial charge in [-0.25, -0.2) is 9.59 Å². The molecule has 0 atom stereocenters. The number of nitrogens with one attached hydrogen (secondary N) is 2. The smallest absolute Gasteiger partial charge is 0.870 e. The number of nitrogens with zero attached hydrogens (tertiary/aromatic N) is 8. The number of anilines is 4. The van der Waals surface area contributed by atoms with Gasteiger partial charge in [0, 0.05) is 27.2 Å². The molecule has 0 unspecified atom stereocenters. The fraction of sp³-hybridized carbons (Fsp3) is 0.368. The average Bonchev–Trinajstić information content (AvgIpc) is 3.64. The maximum Gasteiger partial charge on any atom is 1.00 e. The molecule has 6 aromatic rings. The Bertz CT molecular complexity index is 2470. The summed E-state index contributed by atoms with van der Waals surface area (Å²) >= 11 is 0. The molecule has 4 heterocycles. The van der Waals surface area contributed by atoms with Crippen LogP contribution in [-0.2, 0) is 40.3 Å². The van der Waals surface area contributed by atoms with Crippen LogP contribution in [-0.4, -0.2) is 119 Å². The van der Waals surface area contributed by atoms with Crippen LogP contribution in [0.15, 0.2) is 58.1 Å². The van der Waals surface area contributed by atoms with Crippen molar-refractivity contribution in [1.82, 2.24) is 39.0 Å². The number of hydrogen-bond donors (Lipinski definition) is 7. The van der Waals surface area contributed by atoms with Crippen LogP contribution < -0.4 is 51.5 Å². The SMILES string of the molecule is C.C.CCOC(=O)Cc1cccc(Cn2c(=O)[nH]c3c(N)nc(N(C)CCO)nc32)c1.CN(CCO)c1nc(N)c2[nH]c(=O)n(Cc3cccc(CC(=O)O)c3)c2n1.[Li+].[OH-]. The Hall–Kier alpha value is -6.24. The number of H-pyrrole nitrogens is 2. The number of aliphatic carboxylic acids is 1. The van der Waals surface area contributed by atoms with Gasteiger partial charge in [0.1, 0.15) is 11.0 Å². The molecule has 0 bridgehead atoms. The van der Waals surface area contributed by atoms with E-state index in [9.17, 15) is 19.2 Å². The first-order chi connectivity index (χ1) is 26.8. The largest absolute Gasteiger partial charge is 1.00 e. The van der Waals surface area contributed by atoms with Gasteiger partial charge in [0.15, 0.2) is 22.9 Å². The molecule has 0 saturated carbocycles. The topological polar surface area (TPSA) is 320 Å². The van der Waals surface area contributed by atoms with Gasteiger partial charge in [-0.2, -0.15) is 19.9 Å². The summed E-state index contributed by atoms with van der Waals surface area (Å²) in [4.78, 5) is 73.4. The molecule has 0 fully saturated rings. The third-order valence-corrected chi connectivity index (χ3v) is 8.50. The Morgan fingerprint density at radius 3 is 1.52 bits per heavy atom. The summed E-state index contributed by atoms with van der Waals surface area (Å²) in [6.45, 7) is 3.04. The first-order valence-electron chi connectivity index (χ1n) is 17.5. The molecule has 0 aliphatic carbocycles. The van der Waals surface area contributed by atoms with E-state index in [-0.39, 0.29) is 102 Å². The molecule has 0 spiro atoms. The fourth-order valence-electron chi connectivity index (χ4n) is 5.81. The van der Waals surface area contributed by atoms with Crippen LogP contribution >= 0.6 is 0 Å². The number of esters is 1. The number of carbonyl (C=O) groups is 2. The van der Waals surface area contributed by atoms with Crippen molar-refractivity contribution in [3.63, 3.8) is 0 Å². The summed E-state index contributed by atoms with van der Waals surface area (Å²) in [6.07, 6.45) is 0.0670. The van der Waals surface area contributed by atoms with Crippen molar-refractivity contribution in [1.29, 1.82) is 0 Å². The van der Waals surface area contributed by atoms with Crippen molar-refractivity contribution in [2.45, 2.75) is 47.7 Å². The van der Waals surface area contributed by atoms with Crippen LogP contribution in [0.25, 0.3) is 22.3 Å². The second-order valence-corrected chi connectivity index (χ2v) is 12.7. The molecule has 60 heavy (non-hydrogen) atoms. The molecule has 6 rings (SSSR count). The number of likely N-dealkylation sites (N-methyl/N-ethyl adjacent to an activating group) is 2. The number of nitrogens with two attached hydrogens (primary N) is 2.